The van der Waals surface area contributed by atoms with Gasteiger partial charge in [0, 0.05) is 19.0 Å². The van der Waals surface area contributed by atoms with Crippen LogP contribution in [0, 0.1) is 10.8 Å². The molecular weight excluding hydrogens is 473 g/mol. The van der Waals surface area contributed by atoms with Gasteiger partial charge in [0.2, 0.25) is 0 Å². The lowest BCUT2D eigenvalue weighted by Crippen LogP contribution is -2.34. The molecule has 2 heterocycles. The minimum Gasteiger partial charge on any atom is -0.493 e. The average molecular weight is 502 g/mol. The van der Waals surface area contributed by atoms with E-state index in [0.717, 1.165) is 50.0 Å². The molecule has 1 saturated heterocycles. The molecule has 0 bridgehead atoms. The quantitative estimate of drug-likeness (QED) is 0.195. The zero-order valence-corrected chi connectivity index (χ0v) is 20.7. The van der Waals surface area contributed by atoms with Crippen LogP contribution in [0.2, 0.25) is 10.0 Å². The lowest BCUT2D eigenvalue weighted by molar-refractivity contribution is 0.193. The van der Waals surface area contributed by atoms with E-state index in [2.05, 4.69) is 11.0 Å². The van der Waals surface area contributed by atoms with Gasteiger partial charge in [-0.3, -0.25) is 10.8 Å². The van der Waals surface area contributed by atoms with Gasteiger partial charge in [-0.2, -0.15) is 0 Å². The summed E-state index contributed by atoms with van der Waals surface area (Å²) in [5, 5.41) is 17.7. The lowest BCUT2D eigenvalue weighted by atomic mass is 9.89. The van der Waals surface area contributed by atoms with E-state index in [-0.39, 0.29) is 17.6 Å². The molecule has 0 amide bonds. The van der Waals surface area contributed by atoms with Crippen LogP contribution in [0.25, 0.3) is 11.0 Å². The summed E-state index contributed by atoms with van der Waals surface area (Å²) >= 11 is 12.2. The van der Waals surface area contributed by atoms with Crippen molar-refractivity contribution >= 4 is 46.0 Å². The van der Waals surface area contributed by atoms with E-state index in [4.69, 9.17) is 47.9 Å². The highest BCUT2D eigenvalue weighted by atomic mass is 35.5. The molecule has 0 aliphatic carbocycles. The number of hydrogen-bond acceptors (Lipinski definition) is 6. The Kier molecular flexibility index (Phi) is 8.14. The summed E-state index contributed by atoms with van der Waals surface area (Å²) in [5.41, 5.74) is 1.91. The summed E-state index contributed by atoms with van der Waals surface area (Å²) in [7, 11) is 0. The lowest BCUT2D eigenvalue weighted by Gasteiger charge is -2.32. The molecule has 0 saturated carbocycles. The molecule has 0 unspecified atom stereocenters. The number of halogens is 2. The molecule has 1 aromatic heterocycles. The van der Waals surface area contributed by atoms with Gasteiger partial charge in [0.1, 0.15) is 11.3 Å². The minimum atomic E-state index is -0.168. The third-order valence-electron chi connectivity index (χ3n) is 6.17. The molecule has 34 heavy (non-hydrogen) atoms. The normalized spacial score (nSPS) is 14.9. The highest BCUT2D eigenvalue weighted by Gasteiger charge is 2.21. The number of rotatable bonds is 8. The number of piperidine rings is 1. The zero-order valence-electron chi connectivity index (χ0n) is 19.2. The summed E-state index contributed by atoms with van der Waals surface area (Å²) in [4.78, 5) is 2.48. The fraction of sp³-hybridized carbons (Fsp3) is 0.385. The van der Waals surface area contributed by atoms with E-state index in [0.29, 0.717) is 34.6 Å². The number of benzene rings is 2. The fourth-order valence-electron chi connectivity index (χ4n) is 4.24. The average Bonchev–Trinajstić information content (AvgIpc) is 3.29. The number of hydrogen-bond donors (Lipinski definition) is 2. The topological polar surface area (TPSA) is 82.5 Å². The molecule has 1 aliphatic rings. The predicted octanol–water partition coefficient (Wildman–Crippen LogP) is 7.12. The number of ether oxygens (including phenoxy) is 2. The molecule has 3 aromatic rings. The molecule has 2 N–H and O–H groups in total. The Hall–Kier alpha value is -2.54. The number of fused-ring (bicyclic) bond motifs is 1. The van der Waals surface area contributed by atoms with Crippen molar-refractivity contribution in [3.63, 3.8) is 0 Å². The predicted molar refractivity (Wildman–Crippen MR) is 137 cm³/mol. The van der Waals surface area contributed by atoms with Crippen molar-refractivity contribution in [1.29, 1.82) is 10.8 Å². The summed E-state index contributed by atoms with van der Waals surface area (Å²) in [5.74, 6) is 1.40. The fourth-order valence-corrected chi connectivity index (χ4v) is 4.55. The highest BCUT2D eigenvalue weighted by Crippen LogP contribution is 2.33. The van der Waals surface area contributed by atoms with Crippen LogP contribution in [-0.2, 0) is 4.74 Å². The van der Waals surface area contributed by atoms with Gasteiger partial charge in [0.05, 0.1) is 22.0 Å². The summed E-state index contributed by atoms with van der Waals surface area (Å²) in [6.45, 7) is 5.50. The largest absolute Gasteiger partial charge is 0.493 e. The van der Waals surface area contributed by atoms with E-state index in [1.54, 1.807) is 13.0 Å². The molecule has 6 nitrogen and oxygen atoms in total. The molecule has 4 rings (SSSR count). The van der Waals surface area contributed by atoms with Gasteiger partial charge in [-0.25, -0.2) is 0 Å². The molecule has 0 radical (unpaired) electrons. The van der Waals surface area contributed by atoms with Crippen molar-refractivity contribution < 1.29 is 13.9 Å². The summed E-state index contributed by atoms with van der Waals surface area (Å²) in [6, 6.07) is 13.3. The second kappa shape index (κ2) is 11.3. The standard InChI is InChI=1S/C26H29Cl2N3O3/c1-2-25(29)34-26(30)24-16-19-22(5-3-6-23(19)33-24)32-14-4-11-31-12-9-17(10-13-31)18-7-8-20(27)21(28)15-18/h3,5-8,15-17,29-30H,2,4,9-14H2,1H3. The SMILES string of the molecule is CCC(=N)OC(=N)c1cc2c(OCCCN3CCC(c4ccc(Cl)c(Cl)c4)CC3)cccc2o1. The Morgan fingerprint density at radius 3 is 2.62 bits per heavy atom. The molecule has 1 fully saturated rings. The Labute approximate surface area is 209 Å². The smallest absolute Gasteiger partial charge is 0.256 e. The maximum absolute atomic E-state index is 8.02. The first-order chi connectivity index (χ1) is 16.4. The highest BCUT2D eigenvalue weighted by molar-refractivity contribution is 6.42. The Bertz CT molecular complexity index is 1170. The van der Waals surface area contributed by atoms with Gasteiger partial charge >= 0.3 is 0 Å². The van der Waals surface area contributed by atoms with E-state index in [1.165, 1.54) is 5.56 Å². The van der Waals surface area contributed by atoms with Crippen LogP contribution in [0.5, 0.6) is 5.75 Å². The molecule has 2 aromatic carbocycles. The Morgan fingerprint density at radius 2 is 1.88 bits per heavy atom. The molecule has 0 atom stereocenters. The summed E-state index contributed by atoms with van der Waals surface area (Å²) in [6.07, 6.45) is 3.56. The summed E-state index contributed by atoms with van der Waals surface area (Å²) < 4.78 is 17.0. The first-order valence-electron chi connectivity index (χ1n) is 11.6. The number of likely N-dealkylation sites (tertiary alicyclic amines) is 1. The van der Waals surface area contributed by atoms with Gasteiger partial charge in [-0.1, -0.05) is 42.3 Å². The minimum absolute atomic E-state index is 0.0305. The van der Waals surface area contributed by atoms with E-state index in [9.17, 15) is 0 Å². The van der Waals surface area contributed by atoms with Crippen molar-refractivity contribution in [2.75, 3.05) is 26.2 Å². The van der Waals surface area contributed by atoms with E-state index < -0.39 is 0 Å². The molecular formula is C26H29Cl2N3O3. The maximum Gasteiger partial charge on any atom is 0.256 e. The first-order valence-corrected chi connectivity index (χ1v) is 12.4. The third kappa shape index (κ3) is 5.93. The van der Waals surface area contributed by atoms with Crippen LogP contribution in [0.1, 0.15) is 49.8 Å². The van der Waals surface area contributed by atoms with Crippen molar-refractivity contribution in [3.8, 4) is 5.75 Å². The molecule has 0 spiro atoms. The molecule has 1 aliphatic heterocycles. The van der Waals surface area contributed by atoms with Crippen LogP contribution in [0.15, 0.2) is 46.9 Å². The third-order valence-corrected chi connectivity index (χ3v) is 6.91. The van der Waals surface area contributed by atoms with E-state index in [1.807, 2.05) is 30.3 Å². The van der Waals surface area contributed by atoms with Crippen molar-refractivity contribution in [2.24, 2.45) is 0 Å². The van der Waals surface area contributed by atoms with Crippen LogP contribution >= 0.6 is 23.2 Å². The van der Waals surface area contributed by atoms with Crippen molar-refractivity contribution in [1.82, 2.24) is 4.90 Å². The van der Waals surface area contributed by atoms with Gasteiger partial charge in [-0.05, 0) is 68.1 Å². The zero-order chi connectivity index (χ0) is 24.1. The first kappa shape index (κ1) is 24.6. The maximum atomic E-state index is 8.02. The Morgan fingerprint density at radius 1 is 1.09 bits per heavy atom. The second-order valence-corrected chi connectivity index (χ2v) is 9.29. The number of furan rings is 1. The van der Waals surface area contributed by atoms with Gasteiger partial charge in [0.15, 0.2) is 11.7 Å². The van der Waals surface area contributed by atoms with Gasteiger partial charge in [-0.15, -0.1) is 0 Å². The molecule has 180 valence electrons. The van der Waals surface area contributed by atoms with Crippen LogP contribution in [0.4, 0.5) is 0 Å². The van der Waals surface area contributed by atoms with E-state index >= 15 is 0 Å². The molecule has 8 heteroatoms. The van der Waals surface area contributed by atoms with Crippen molar-refractivity contribution in [2.45, 2.75) is 38.5 Å². The monoisotopic (exact) mass is 501 g/mol. The van der Waals surface area contributed by atoms with Crippen LogP contribution in [-0.4, -0.2) is 42.9 Å². The van der Waals surface area contributed by atoms with Crippen LogP contribution in [0.3, 0.4) is 0 Å². The van der Waals surface area contributed by atoms with Gasteiger partial charge in [0.25, 0.3) is 5.90 Å². The second-order valence-electron chi connectivity index (χ2n) is 8.48. The van der Waals surface area contributed by atoms with Gasteiger partial charge < -0.3 is 18.8 Å². The van der Waals surface area contributed by atoms with Crippen molar-refractivity contribution in [3.05, 3.63) is 63.8 Å². The number of nitrogens with one attached hydrogen (secondary N) is 2. The van der Waals surface area contributed by atoms with Crippen LogP contribution < -0.4 is 4.74 Å². The number of nitrogens with zero attached hydrogens (tertiary/aromatic N) is 1. The Balaban J connectivity index is 1.25.